The first-order chi connectivity index (χ1) is 12.2. The van der Waals surface area contributed by atoms with Gasteiger partial charge < -0.3 is 9.64 Å². The van der Waals surface area contributed by atoms with E-state index in [4.69, 9.17) is 4.74 Å². The number of amides is 1. The molecule has 2 aromatic heterocycles. The van der Waals surface area contributed by atoms with Crippen LogP contribution in [-0.4, -0.2) is 39.7 Å². The Hall–Kier alpha value is -2.34. The van der Waals surface area contributed by atoms with Gasteiger partial charge in [-0.05, 0) is 36.8 Å². The van der Waals surface area contributed by atoms with Gasteiger partial charge in [0.1, 0.15) is 10.7 Å². The lowest BCUT2D eigenvalue weighted by atomic mass is 10.2. The Kier molecular flexibility index (Phi) is 6.06. The Morgan fingerprint density at radius 1 is 1.24 bits per heavy atom. The molecule has 0 N–H and O–H groups in total. The number of thioether (sulfide) groups is 1. The van der Waals surface area contributed by atoms with Gasteiger partial charge in [-0.25, -0.2) is 0 Å². The highest BCUT2D eigenvalue weighted by atomic mass is 32.2. The molecule has 1 amide bonds. The van der Waals surface area contributed by atoms with E-state index in [9.17, 15) is 4.79 Å². The molecule has 0 aromatic carbocycles. The van der Waals surface area contributed by atoms with Crippen molar-refractivity contribution in [2.45, 2.75) is 19.9 Å². The third kappa shape index (κ3) is 4.82. The Balaban J connectivity index is 1.77. The van der Waals surface area contributed by atoms with Crippen molar-refractivity contribution in [3.05, 3.63) is 70.8 Å². The zero-order chi connectivity index (χ0) is 17.5. The van der Waals surface area contributed by atoms with Crippen molar-refractivity contribution in [3.63, 3.8) is 0 Å². The van der Waals surface area contributed by atoms with E-state index in [0.717, 1.165) is 29.2 Å². The van der Waals surface area contributed by atoms with Crippen LogP contribution in [0.5, 0.6) is 0 Å². The van der Waals surface area contributed by atoms with Crippen LogP contribution < -0.4 is 0 Å². The first-order valence-corrected chi connectivity index (χ1v) is 9.27. The molecule has 0 aliphatic carbocycles. The number of hydrogen-bond acceptors (Lipinski definition) is 5. The van der Waals surface area contributed by atoms with Crippen LogP contribution in [0, 0.1) is 0 Å². The number of nitrogens with zero attached hydrogens (tertiary/aromatic N) is 3. The molecule has 130 valence electrons. The van der Waals surface area contributed by atoms with E-state index >= 15 is 0 Å². The fourth-order valence-electron chi connectivity index (χ4n) is 2.62. The minimum absolute atomic E-state index is 0.0231. The summed E-state index contributed by atoms with van der Waals surface area (Å²) >= 11 is 1.58. The maximum atomic E-state index is 13.1. The van der Waals surface area contributed by atoms with Crippen molar-refractivity contribution in [2.24, 2.45) is 0 Å². The van der Waals surface area contributed by atoms with E-state index in [1.807, 2.05) is 42.2 Å². The van der Waals surface area contributed by atoms with Crippen molar-refractivity contribution < 1.29 is 9.53 Å². The number of ether oxygens (including phenoxy) is 1. The molecule has 0 bridgehead atoms. The van der Waals surface area contributed by atoms with E-state index in [-0.39, 0.29) is 5.91 Å². The van der Waals surface area contributed by atoms with Gasteiger partial charge in [0.2, 0.25) is 0 Å². The summed E-state index contributed by atoms with van der Waals surface area (Å²) in [5.41, 5.74) is 2.04. The Morgan fingerprint density at radius 3 is 2.80 bits per heavy atom. The van der Waals surface area contributed by atoms with Gasteiger partial charge in [0.15, 0.2) is 0 Å². The lowest BCUT2D eigenvalue weighted by Gasteiger charge is -2.26. The van der Waals surface area contributed by atoms with Crippen molar-refractivity contribution in [3.8, 4) is 0 Å². The molecule has 25 heavy (non-hydrogen) atoms. The summed E-state index contributed by atoms with van der Waals surface area (Å²) in [5, 5.41) is 0. The molecule has 6 heteroatoms. The topological polar surface area (TPSA) is 55.3 Å². The van der Waals surface area contributed by atoms with Gasteiger partial charge in [-0.1, -0.05) is 6.07 Å². The molecule has 0 saturated carbocycles. The lowest BCUT2D eigenvalue weighted by molar-refractivity contribution is -0.127. The summed E-state index contributed by atoms with van der Waals surface area (Å²) in [6, 6.07) is 9.72. The summed E-state index contributed by atoms with van der Waals surface area (Å²) in [5.74, 6) is 1.55. The summed E-state index contributed by atoms with van der Waals surface area (Å²) in [4.78, 5) is 24.0. The van der Waals surface area contributed by atoms with Crippen LogP contribution in [0.3, 0.4) is 0 Å². The standard InChI is InChI=1S/C19H21N3O2S/c1-15-18(25-13-12-24-15)19(23)22(14-16-5-9-20-10-6-16)11-7-17-4-2-3-8-21-17/h2-6,8-10H,7,11-14H2,1H3. The Morgan fingerprint density at radius 2 is 2.08 bits per heavy atom. The van der Waals surface area contributed by atoms with Gasteiger partial charge in [-0.2, -0.15) is 0 Å². The van der Waals surface area contributed by atoms with Crippen LogP contribution in [0.15, 0.2) is 59.6 Å². The quantitative estimate of drug-likeness (QED) is 0.797. The molecular weight excluding hydrogens is 334 g/mol. The fourth-order valence-corrected chi connectivity index (χ4v) is 3.50. The predicted molar refractivity (Wildman–Crippen MR) is 98.7 cm³/mol. The minimum Gasteiger partial charge on any atom is -0.496 e. The molecule has 3 rings (SSSR count). The van der Waals surface area contributed by atoms with Crippen molar-refractivity contribution in [1.82, 2.24) is 14.9 Å². The number of carbonyl (C=O) groups excluding carboxylic acids is 1. The maximum absolute atomic E-state index is 13.1. The van der Waals surface area contributed by atoms with Crippen LogP contribution in [-0.2, 0) is 22.5 Å². The molecule has 0 fully saturated rings. The normalized spacial score (nSPS) is 14.1. The van der Waals surface area contributed by atoms with E-state index in [1.165, 1.54) is 0 Å². The van der Waals surface area contributed by atoms with Crippen LogP contribution in [0.4, 0.5) is 0 Å². The SMILES string of the molecule is CC1=C(C(=O)N(CCc2ccccn2)Cc2ccncc2)SCCO1. The summed E-state index contributed by atoms with van der Waals surface area (Å²) in [6.07, 6.45) is 6.00. The number of rotatable bonds is 6. The second-order valence-corrected chi connectivity index (χ2v) is 6.84. The molecule has 0 atom stereocenters. The van der Waals surface area contributed by atoms with E-state index < -0.39 is 0 Å². The molecule has 5 nitrogen and oxygen atoms in total. The number of carbonyl (C=O) groups is 1. The van der Waals surface area contributed by atoms with Crippen LogP contribution in [0.2, 0.25) is 0 Å². The third-order valence-corrected chi connectivity index (χ3v) is 5.06. The zero-order valence-electron chi connectivity index (χ0n) is 14.2. The number of pyridine rings is 2. The second-order valence-electron chi connectivity index (χ2n) is 5.74. The molecule has 2 aromatic rings. The van der Waals surface area contributed by atoms with Gasteiger partial charge in [-0.15, -0.1) is 11.8 Å². The van der Waals surface area contributed by atoms with E-state index in [2.05, 4.69) is 9.97 Å². The molecule has 0 radical (unpaired) electrons. The predicted octanol–water partition coefficient (Wildman–Crippen LogP) is 3.04. The van der Waals surface area contributed by atoms with Gasteiger partial charge in [0.25, 0.3) is 5.91 Å². The molecule has 1 aliphatic rings. The van der Waals surface area contributed by atoms with Crippen LogP contribution >= 0.6 is 11.8 Å². The average Bonchev–Trinajstić information content (AvgIpc) is 2.66. The van der Waals surface area contributed by atoms with Gasteiger partial charge in [-0.3, -0.25) is 14.8 Å². The summed E-state index contributed by atoms with van der Waals surface area (Å²) in [7, 11) is 0. The summed E-state index contributed by atoms with van der Waals surface area (Å²) in [6.45, 7) is 3.68. The highest BCUT2D eigenvalue weighted by molar-refractivity contribution is 8.04. The van der Waals surface area contributed by atoms with Crippen molar-refractivity contribution in [2.75, 3.05) is 18.9 Å². The molecule has 0 spiro atoms. The highest BCUT2D eigenvalue weighted by Crippen LogP contribution is 2.27. The first-order valence-electron chi connectivity index (χ1n) is 8.28. The maximum Gasteiger partial charge on any atom is 0.264 e. The monoisotopic (exact) mass is 355 g/mol. The molecule has 0 saturated heterocycles. The first kappa shape index (κ1) is 17.5. The Labute approximate surface area is 152 Å². The fraction of sp³-hybridized carbons (Fsp3) is 0.316. The molecule has 0 unspecified atom stereocenters. The number of hydrogen-bond donors (Lipinski definition) is 0. The second kappa shape index (κ2) is 8.67. The van der Waals surface area contributed by atoms with Gasteiger partial charge >= 0.3 is 0 Å². The molecular formula is C19H21N3O2S. The van der Waals surface area contributed by atoms with Crippen molar-refractivity contribution in [1.29, 1.82) is 0 Å². The lowest BCUT2D eigenvalue weighted by Crippen LogP contribution is -2.34. The average molecular weight is 355 g/mol. The van der Waals surface area contributed by atoms with Gasteiger partial charge in [0, 0.05) is 49.5 Å². The molecule has 1 aliphatic heterocycles. The third-order valence-electron chi connectivity index (χ3n) is 3.94. The van der Waals surface area contributed by atoms with Crippen LogP contribution in [0.1, 0.15) is 18.2 Å². The molecule has 3 heterocycles. The highest BCUT2D eigenvalue weighted by Gasteiger charge is 2.24. The summed E-state index contributed by atoms with van der Waals surface area (Å²) < 4.78 is 5.56. The number of aromatic nitrogens is 2. The van der Waals surface area contributed by atoms with Crippen molar-refractivity contribution >= 4 is 17.7 Å². The van der Waals surface area contributed by atoms with E-state index in [0.29, 0.717) is 24.6 Å². The zero-order valence-corrected chi connectivity index (χ0v) is 15.0. The van der Waals surface area contributed by atoms with E-state index in [1.54, 1.807) is 30.4 Å². The number of allylic oxidation sites excluding steroid dienone is 1. The Bertz CT molecular complexity index is 735. The minimum atomic E-state index is 0.0231. The largest absolute Gasteiger partial charge is 0.496 e. The smallest absolute Gasteiger partial charge is 0.264 e. The van der Waals surface area contributed by atoms with Crippen LogP contribution in [0.25, 0.3) is 0 Å². The van der Waals surface area contributed by atoms with Gasteiger partial charge in [0.05, 0.1) is 6.61 Å².